The highest BCUT2D eigenvalue weighted by molar-refractivity contribution is 5.80. The zero-order chi connectivity index (χ0) is 16.1. The van der Waals surface area contributed by atoms with Gasteiger partial charge in [-0.1, -0.05) is 25.3 Å². The molecule has 0 unspecified atom stereocenters. The Labute approximate surface area is 137 Å². The molecule has 1 aliphatic carbocycles. The second kappa shape index (κ2) is 7.30. The van der Waals surface area contributed by atoms with E-state index >= 15 is 0 Å². The molecule has 0 spiro atoms. The van der Waals surface area contributed by atoms with Crippen LogP contribution in [0.25, 0.3) is 0 Å². The Kier molecular flexibility index (Phi) is 5.16. The van der Waals surface area contributed by atoms with Crippen LogP contribution in [0.15, 0.2) is 18.2 Å². The fourth-order valence-corrected chi connectivity index (χ4v) is 3.62. The van der Waals surface area contributed by atoms with Crippen molar-refractivity contribution in [3.8, 4) is 5.88 Å². The lowest BCUT2D eigenvalue weighted by atomic mass is 9.77. The minimum Gasteiger partial charge on any atom is -0.481 e. The predicted octanol–water partition coefficient (Wildman–Crippen LogP) is 3.17. The van der Waals surface area contributed by atoms with Gasteiger partial charge >= 0.3 is 5.97 Å². The molecule has 2 aliphatic rings. The second-order valence-corrected chi connectivity index (χ2v) is 6.68. The van der Waals surface area contributed by atoms with Gasteiger partial charge in [0.15, 0.2) is 0 Å². The van der Waals surface area contributed by atoms with Crippen LogP contribution in [0.2, 0.25) is 0 Å². The van der Waals surface area contributed by atoms with E-state index in [9.17, 15) is 9.90 Å². The van der Waals surface area contributed by atoms with E-state index < -0.39 is 11.4 Å². The largest absolute Gasteiger partial charge is 0.481 e. The third kappa shape index (κ3) is 3.66. The summed E-state index contributed by atoms with van der Waals surface area (Å²) in [5.74, 6) is 0.323. The summed E-state index contributed by atoms with van der Waals surface area (Å²) in [7, 11) is 0. The number of carboxylic acids is 1. The SMILES string of the molecule is O=C(O)C1(c2cccc(OCC3CCCCC3)n2)CCOCC1. The van der Waals surface area contributed by atoms with Crippen molar-refractivity contribution in [2.75, 3.05) is 19.8 Å². The van der Waals surface area contributed by atoms with Gasteiger partial charge in [0.1, 0.15) is 5.41 Å². The van der Waals surface area contributed by atoms with Gasteiger partial charge in [0, 0.05) is 19.3 Å². The molecule has 5 nitrogen and oxygen atoms in total. The first-order valence-corrected chi connectivity index (χ1v) is 8.62. The summed E-state index contributed by atoms with van der Waals surface area (Å²) < 4.78 is 11.2. The minimum atomic E-state index is -0.942. The number of pyridine rings is 1. The quantitative estimate of drug-likeness (QED) is 0.903. The predicted molar refractivity (Wildman–Crippen MR) is 85.7 cm³/mol. The molecule has 1 N–H and O–H groups in total. The number of hydrogen-bond donors (Lipinski definition) is 1. The van der Waals surface area contributed by atoms with E-state index in [0.717, 1.165) is 0 Å². The molecule has 1 aromatic rings. The van der Waals surface area contributed by atoms with Crippen molar-refractivity contribution < 1.29 is 19.4 Å². The van der Waals surface area contributed by atoms with Crippen LogP contribution >= 0.6 is 0 Å². The van der Waals surface area contributed by atoms with Crippen LogP contribution in [0, 0.1) is 5.92 Å². The van der Waals surface area contributed by atoms with Crippen molar-refractivity contribution in [2.24, 2.45) is 5.92 Å². The molecule has 1 saturated heterocycles. The second-order valence-electron chi connectivity index (χ2n) is 6.68. The number of ether oxygens (including phenoxy) is 2. The Morgan fingerprint density at radius 3 is 2.70 bits per heavy atom. The summed E-state index contributed by atoms with van der Waals surface area (Å²) in [6.45, 7) is 1.60. The van der Waals surface area contributed by atoms with Crippen LogP contribution in [0.1, 0.15) is 50.6 Å². The van der Waals surface area contributed by atoms with Crippen molar-refractivity contribution in [1.29, 1.82) is 0 Å². The summed E-state index contributed by atoms with van der Waals surface area (Å²) in [4.78, 5) is 16.4. The van der Waals surface area contributed by atoms with Crippen LogP contribution in [0.3, 0.4) is 0 Å². The molecule has 0 atom stereocenters. The van der Waals surface area contributed by atoms with Gasteiger partial charge < -0.3 is 14.6 Å². The monoisotopic (exact) mass is 319 g/mol. The van der Waals surface area contributed by atoms with Gasteiger partial charge in [0.2, 0.25) is 5.88 Å². The molecule has 5 heteroatoms. The number of aromatic nitrogens is 1. The van der Waals surface area contributed by atoms with E-state index in [0.29, 0.717) is 50.2 Å². The van der Waals surface area contributed by atoms with E-state index in [1.807, 2.05) is 12.1 Å². The highest BCUT2D eigenvalue weighted by Crippen LogP contribution is 2.35. The summed E-state index contributed by atoms with van der Waals surface area (Å²) in [5.41, 5.74) is -0.350. The average Bonchev–Trinajstić information content (AvgIpc) is 2.61. The maximum atomic E-state index is 11.9. The first-order chi connectivity index (χ1) is 11.2. The topological polar surface area (TPSA) is 68.7 Å². The lowest BCUT2D eigenvalue weighted by Gasteiger charge is -2.32. The normalized spacial score (nSPS) is 21.7. The molecule has 2 heterocycles. The van der Waals surface area contributed by atoms with Crippen molar-refractivity contribution in [2.45, 2.75) is 50.4 Å². The Morgan fingerprint density at radius 2 is 2.00 bits per heavy atom. The molecule has 126 valence electrons. The van der Waals surface area contributed by atoms with Crippen molar-refractivity contribution in [3.05, 3.63) is 23.9 Å². The van der Waals surface area contributed by atoms with Crippen LogP contribution in [0.4, 0.5) is 0 Å². The first kappa shape index (κ1) is 16.2. The maximum absolute atomic E-state index is 11.9. The highest BCUT2D eigenvalue weighted by atomic mass is 16.5. The van der Waals surface area contributed by atoms with E-state index in [4.69, 9.17) is 9.47 Å². The third-order valence-electron chi connectivity index (χ3n) is 5.16. The molecule has 0 amide bonds. The molecular weight excluding hydrogens is 294 g/mol. The summed E-state index contributed by atoms with van der Waals surface area (Å²) in [6, 6.07) is 5.47. The van der Waals surface area contributed by atoms with Crippen LogP contribution < -0.4 is 4.74 Å². The average molecular weight is 319 g/mol. The Bertz CT molecular complexity index is 534. The van der Waals surface area contributed by atoms with Gasteiger partial charge in [0.25, 0.3) is 0 Å². The van der Waals surface area contributed by atoms with Gasteiger partial charge in [-0.3, -0.25) is 4.79 Å². The summed E-state index contributed by atoms with van der Waals surface area (Å²) in [5, 5.41) is 9.73. The first-order valence-electron chi connectivity index (χ1n) is 8.62. The molecule has 1 aromatic heterocycles. The number of hydrogen-bond acceptors (Lipinski definition) is 4. The molecular formula is C18H25NO4. The zero-order valence-corrected chi connectivity index (χ0v) is 13.5. The maximum Gasteiger partial charge on any atom is 0.315 e. The van der Waals surface area contributed by atoms with Gasteiger partial charge in [-0.25, -0.2) is 4.98 Å². The number of carbonyl (C=O) groups is 1. The third-order valence-corrected chi connectivity index (χ3v) is 5.16. The molecule has 0 radical (unpaired) electrons. The standard InChI is InChI=1S/C18H25NO4/c20-17(21)18(9-11-22-12-10-18)15-7-4-8-16(19-15)23-13-14-5-2-1-3-6-14/h4,7-8,14H,1-3,5-6,9-13H2,(H,20,21). The molecule has 3 rings (SSSR count). The van der Waals surface area contributed by atoms with E-state index in [2.05, 4.69) is 4.98 Å². The van der Waals surface area contributed by atoms with Gasteiger partial charge in [-0.2, -0.15) is 0 Å². The molecule has 0 bridgehead atoms. The van der Waals surface area contributed by atoms with Crippen molar-refractivity contribution >= 4 is 5.97 Å². The Balaban J connectivity index is 1.71. The van der Waals surface area contributed by atoms with Crippen molar-refractivity contribution in [3.63, 3.8) is 0 Å². The molecule has 1 aliphatic heterocycles. The van der Waals surface area contributed by atoms with Gasteiger partial charge in [0.05, 0.1) is 12.3 Å². The minimum absolute atomic E-state index is 0.459. The molecule has 0 aromatic carbocycles. The van der Waals surface area contributed by atoms with Gasteiger partial charge in [-0.15, -0.1) is 0 Å². The van der Waals surface area contributed by atoms with Crippen LogP contribution in [-0.2, 0) is 14.9 Å². The lowest BCUT2D eigenvalue weighted by Crippen LogP contribution is -2.42. The lowest BCUT2D eigenvalue weighted by molar-refractivity contribution is -0.148. The summed E-state index contributed by atoms with van der Waals surface area (Å²) >= 11 is 0. The molecule has 23 heavy (non-hydrogen) atoms. The van der Waals surface area contributed by atoms with E-state index in [1.165, 1.54) is 32.1 Å². The fraction of sp³-hybridized carbons (Fsp3) is 0.667. The zero-order valence-electron chi connectivity index (χ0n) is 13.5. The summed E-state index contributed by atoms with van der Waals surface area (Å²) in [6.07, 6.45) is 7.25. The Hall–Kier alpha value is -1.62. The Morgan fingerprint density at radius 1 is 1.26 bits per heavy atom. The van der Waals surface area contributed by atoms with Gasteiger partial charge in [-0.05, 0) is 37.7 Å². The smallest absolute Gasteiger partial charge is 0.315 e. The number of rotatable bonds is 5. The van der Waals surface area contributed by atoms with Crippen LogP contribution in [-0.4, -0.2) is 35.9 Å². The van der Waals surface area contributed by atoms with E-state index in [-0.39, 0.29) is 0 Å². The number of carboxylic acid groups (broad SMARTS) is 1. The number of aliphatic carboxylic acids is 1. The number of nitrogens with zero attached hydrogens (tertiary/aromatic N) is 1. The molecule has 1 saturated carbocycles. The van der Waals surface area contributed by atoms with Crippen LogP contribution in [0.5, 0.6) is 5.88 Å². The van der Waals surface area contributed by atoms with E-state index in [1.54, 1.807) is 6.07 Å². The fourth-order valence-electron chi connectivity index (χ4n) is 3.62. The van der Waals surface area contributed by atoms with Crippen molar-refractivity contribution in [1.82, 2.24) is 4.98 Å². The molecule has 2 fully saturated rings. The highest BCUT2D eigenvalue weighted by Gasteiger charge is 2.43.